The molecule has 1 aliphatic heterocycles. The number of amides is 1. The Morgan fingerprint density at radius 1 is 0.882 bits per heavy atom. The van der Waals surface area contributed by atoms with Gasteiger partial charge in [-0.1, -0.05) is 0 Å². The summed E-state index contributed by atoms with van der Waals surface area (Å²) in [5.74, 6) is -10.5. The normalized spacial score (nSPS) is 13.9. The smallest absolute Gasteiger partial charge is 0.337 e. The van der Waals surface area contributed by atoms with E-state index in [4.69, 9.17) is 14.2 Å². The highest BCUT2D eigenvalue weighted by Crippen LogP contribution is 2.32. The summed E-state index contributed by atoms with van der Waals surface area (Å²) in [4.78, 5) is 50.2. The van der Waals surface area contributed by atoms with E-state index in [1.807, 2.05) is 5.32 Å². The van der Waals surface area contributed by atoms with Crippen LogP contribution in [0.3, 0.4) is 0 Å². The number of hydrogen-bond acceptors (Lipinski definition) is 8. The Bertz CT molecular complexity index is 1040. The van der Waals surface area contributed by atoms with E-state index in [0.29, 0.717) is 6.07 Å². The lowest BCUT2D eigenvalue weighted by molar-refractivity contribution is -0.153. The molecule has 1 amide bonds. The fourth-order valence-electron chi connectivity index (χ4n) is 3.22. The number of rotatable bonds is 8. The second kappa shape index (κ2) is 11.3. The molecule has 0 aromatic heterocycles. The van der Waals surface area contributed by atoms with Crippen molar-refractivity contribution in [2.45, 2.75) is 27.7 Å². The Morgan fingerprint density at radius 3 is 1.91 bits per heavy atom. The molecule has 1 aliphatic rings. The van der Waals surface area contributed by atoms with Gasteiger partial charge in [0.25, 0.3) is 5.91 Å². The second-order valence-corrected chi connectivity index (χ2v) is 6.96. The predicted octanol–water partition coefficient (Wildman–Crippen LogP) is 2.48. The number of anilines is 1. The van der Waals surface area contributed by atoms with E-state index in [-0.39, 0.29) is 35.8 Å². The maximum absolute atomic E-state index is 13.8. The molecular formula is C22H23F3N2O7. The van der Waals surface area contributed by atoms with Crippen molar-refractivity contribution in [2.75, 3.05) is 25.1 Å². The lowest BCUT2D eigenvalue weighted by Crippen LogP contribution is -2.39. The van der Waals surface area contributed by atoms with Crippen LogP contribution in [0, 0.1) is 23.4 Å². The van der Waals surface area contributed by atoms with Crippen LogP contribution in [-0.4, -0.2) is 43.6 Å². The molecule has 0 aliphatic carbocycles. The minimum atomic E-state index is -1.79. The van der Waals surface area contributed by atoms with Crippen molar-refractivity contribution < 1.29 is 46.6 Å². The summed E-state index contributed by atoms with van der Waals surface area (Å²) < 4.78 is 55.1. The van der Waals surface area contributed by atoms with Crippen LogP contribution in [0.5, 0.6) is 0 Å². The second-order valence-electron chi connectivity index (χ2n) is 6.96. The van der Waals surface area contributed by atoms with E-state index in [1.165, 1.54) is 13.8 Å². The molecule has 0 spiro atoms. The number of dihydropyridines is 1. The van der Waals surface area contributed by atoms with Crippen LogP contribution in [0.25, 0.3) is 0 Å². The number of allylic oxidation sites excluding steroid dienone is 2. The lowest BCUT2D eigenvalue weighted by Gasteiger charge is -2.28. The fraction of sp³-hybridized carbons (Fsp3) is 0.364. The quantitative estimate of drug-likeness (QED) is 0.328. The third kappa shape index (κ3) is 5.74. The van der Waals surface area contributed by atoms with E-state index < -0.39 is 59.5 Å². The molecule has 0 bridgehead atoms. The Morgan fingerprint density at radius 2 is 1.41 bits per heavy atom. The predicted molar refractivity (Wildman–Crippen MR) is 111 cm³/mol. The molecule has 1 aromatic carbocycles. The lowest BCUT2D eigenvalue weighted by atomic mass is 9.85. The van der Waals surface area contributed by atoms with Gasteiger partial charge in [-0.3, -0.25) is 9.59 Å². The Kier molecular flexibility index (Phi) is 8.82. The molecule has 12 heteroatoms. The molecule has 2 rings (SSSR count). The molecular weight excluding hydrogens is 461 g/mol. The first kappa shape index (κ1) is 26.4. The van der Waals surface area contributed by atoms with Gasteiger partial charge in [0.1, 0.15) is 5.92 Å². The molecule has 0 radical (unpaired) electrons. The maximum Gasteiger partial charge on any atom is 0.337 e. The number of halogens is 3. The van der Waals surface area contributed by atoms with Crippen LogP contribution < -0.4 is 10.6 Å². The van der Waals surface area contributed by atoms with Crippen molar-refractivity contribution in [1.82, 2.24) is 5.32 Å². The number of benzene rings is 1. The molecule has 184 valence electrons. The van der Waals surface area contributed by atoms with Gasteiger partial charge in [-0.25, -0.2) is 22.8 Å². The van der Waals surface area contributed by atoms with Crippen LogP contribution in [0.2, 0.25) is 0 Å². The van der Waals surface area contributed by atoms with Gasteiger partial charge < -0.3 is 24.8 Å². The zero-order valence-corrected chi connectivity index (χ0v) is 18.8. The molecule has 2 N–H and O–H groups in total. The van der Waals surface area contributed by atoms with Gasteiger partial charge in [-0.05, 0) is 39.8 Å². The van der Waals surface area contributed by atoms with Crippen LogP contribution in [0.15, 0.2) is 34.7 Å². The summed E-state index contributed by atoms with van der Waals surface area (Å²) >= 11 is 0. The van der Waals surface area contributed by atoms with Gasteiger partial charge in [0.2, 0.25) is 0 Å². The summed E-state index contributed by atoms with van der Waals surface area (Å²) in [7, 11) is 0. The van der Waals surface area contributed by atoms with Gasteiger partial charge in [-0.2, -0.15) is 0 Å². The van der Waals surface area contributed by atoms with E-state index in [2.05, 4.69) is 5.32 Å². The standard InChI is InChI=1S/C22H23F3N2O7/c1-5-32-20(29)15-10(3)26-11(4)16(21(30)33-6-2)17(15)22(31)34-9-14(28)27-13-8-7-12(23)18(24)19(13)25/h7-8,17,26H,5-6,9H2,1-4H3,(H,27,28). The fourth-order valence-corrected chi connectivity index (χ4v) is 3.22. The molecule has 1 heterocycles. The molecule has 0 saturated heterocycles. The van der Waals surface area contributed by atoms with Crippen molar-refractivity contribution in [3.05, 3.63) is 52.1 Å². The number of carbonyl (C=O) groups excluding carboxylic acids is 4. The van der Waals surface area contributed by atoms with Gasteiger partial charge in [0.05, 0.1) is 30.0 Å². The molecule has 0 atom stereocenters. The molecule has 0 saturated carbocycles. The van der Waals surface area contributed by atoms with Gasteiger partial charge in [0.15, 0.2) is 24.1 Å². The zero-order chi connectivity index (χ0) is 25.6. The SMILES string of the molecule is CCOC(=O)C1=C(C)NC(C)=C(C(=O)OCC)C1C(=O)OCC(=O)Nc1ccc(F)c(F)c1F. The maximum atomic E-state index is 13.8. The molecule has 34 heavy (non-hydrogen) atoms. The summed E-state index contributed by atoms with van der Waals surface area (Å²) in [6, 6.07) is 1.39. The number of nitrogens with one attached hydrogen (secondary N) is 2. The first-order chi connectivity index (χ1) is 16.0. The summed E-state index contributed by atoms with van der Waals surface area (Å²) in [5.41, 5.74) is -0.661. The van der Waals surface area contributed by atoms with Gasteiger partial charge >= 0.3 is 17.9 Å². The van der Waals surface area contributed by atoms with Crippen LogP contribution in [-0.2, 0) is 33.4 Å². The minimum Gasteiger partial charge on any atom is -0.463 e. The first-order valence-electron chi connectivity index (χ1n) is 10.2. The number of carbonyl (C=O) groups is 4. The number of ether oxygens (including phenoxy) is 3. The Hall–Kier alpha value is -3.83. The zero-order valence-electron chi connectivity index (χ0n) is 18.8. The average Bonchev–Trinajstić information content (AvgIpc) is 2.77. The van der Waals surface area contributed by atoms with Gasteiger partial charge in [0, 0.05) is 11.4 Å². The minimum absolute atomic E-state index is 0.0168. The van der Waals surface area contributed by atoms with Crippen molar-refractivity contribution >= 4 is 29.5 Å². The highest BCUT2D eigenvalue weighted by atomic mass is 19.2. The molecule has 0 unspecified atom stereocenters. The Labute approximate surface area is 192 Å². The number of esters is 3. The van der Waals surface area contributed by atoms with E-state index >= 15 is 0 Å². The number of hydrogen-bond donors (Lipinski definition) is 2. The summed E-state index contributed by atoms with van der Waals surface area (Å²) in [5, 5.41) is 4.76. The van der Waals surface area contributed by atoms with Crippen LogP contribution >= 0.6 is 0 Å². The Balaban J connectivity index is 2.28. The van der Waals surface area contributed by atoms with Crippen molar-refractivity contribution in [3.8, 4) is 0 Å². The summed E-state index contributed by atoms with van der Waals surface area (Å²) in [6.45, 7) is 5.05. The largest absolute Gasteiger partial charge is 0.463 e. The van der Waals surface area contributed by atoms with Crippen molar-refractivity contribution in [3.63, 3.8) is 0 Å². The van der Waals surface area contributed by atoms with E-state index in [0.717, 1.165) is 6.07 Å². The van der Waals surface area contributed by atoms with Gasteiger partial charge in [-0.15, -0.1) is 0 Å². The van der Waals surface area contributed by atoms with Crippen LogP contribution in [0.4, 0.5) is 18.9 Å². The molecule has 0 fully saturated rings. The molecule has 9 nitrogen and oxygen atoms in total. The highest BCUT2D eigenvalue weighted by molar-refractivity contribution is 6.06. The topological polar surface area (TPSA) is 120 Å². The van der Waals surface area contributed by atoms with Crippen molar-refractivity contribution in [2.24, 2.45) is 5.92 Å². The van der Waals surface area contributed by atoms with E-state index in [9.17, 15) is 32.3 Å². The monoisotopic (exact) mass is 484 g/mol. The summed E-state index contributed by atoms with van der Waals surface area (Å²) in [6.07, 6.45) is 0. The third-order valence-corrected chi connectivity index (χ3v) is 4.64. The van der Waals surface area contributed by atoms with E-state index in [1.54, 1.807) is 13.8 Å². The third-order valence-electron chi connectivity index (χ3n) is 4.64. The van der Waals surface area contributed by atoms with Crippen LogP contribution in [0.1, 0.15) is 27.7 Å². The first-order valence-corrected chi connectivity index (χ1v) is 10.2. The van der Waals surface area contributed by atoms with Crippen molar-refractivity contribution in [1.29, 1.82) is 0 Å². The average molecular weight is 484 g/mol. The highest BCUT2D eigenvalue weighted by Gasteiger charge is 2.42. The molecule has 1 aromatic rings.